The second-order valence-corrected chi connectivity index (χ2v) is 3.71. The highest BCUT2D eigenvalue weighted by atomic mass is 16.3. The van der Waals surface area contributed by atoms with Crippen molar-refractivity contribution < 1.29 is 15.0 Å². The summed E-state index contributed by atoms with van der Waals surface area (Å²) in [5.74, 6) is -0.444. The first-order chi connectivity index (χ1) is 7.57. The van der Waals surface area contributed by atoms with Gasteiger partial charge in [0.1, 0.15) is 5.75 Å². The average molecular weight is 224 g/mol. The fourth-order valence-corrected chi connectivity index (χ4v) is 1.42. The molecule has 0 fully saturated rings. The summed E-state index contributed by atoms with van der Waals surface area (Å²) in [5, 5.41) is 18.4. The topological polar surface area (TPSA) is 73.7 Å². The van der Waals surface area contributed by atoms with Crippen LogP contribution in [0.5, 0.6) is 5.75 Å². The smallest absolute Gasteiger partial charge is 0.258 e. The standard InChI is InChI=1S/C11H16N2O3/c1-8(2)13(5-6-14)11(16)9-3-4-12-7-10(9)15/h3-4,7-8,14-15H,5-6H2,1-2H3. The zero-order valence-corrected chi connectivity index (χ0v) is 9.42. The van der Waals surface area contributed by atoms with E-state index in [1.54, 1.807) is 0 Å². The van der Waals surface area contributed by atoms with Crippen molar-refractivity contribution in [3.05, 3.63) is 24.0 Å². The number of carbonyl (C=O) groups is 1. The van der Waals surface area contributed by atoms with Gasteiger partial charge in [0.15, 0.2) is 0 Å². The normalized spacial score (nSPS) is 10.5. The molecule has 16 heavy (non-hydrogen) atoms. The lowest BCUT2D eigenvalue weighted by atomic mass is 10.2. The number of hydrogen-bond donors (Lipinski definition) is 2. The van der Waals surface area contributed by atoms with Crippen molar-refractivity contribution in [2.24, 2.45) is 0 Å². The molecule has 0 aliphatic heterocycles. The van der Waals surface area contributed by atoms with Crippen LogP contribution in [0.3, 0.4) is 0 Å². The molecule has 0 unspecified atom stereocenters. The Morgan fingerprint density at radius 1 is 1.56 bits per heavy atom. The molecule has 0 radical (unpaired) electrons. The van der Waals surface area contributed by atoms with Gasteiger partial charge in [0.05, 0.1) is 18.4 Å². The molecule has 0 saturated heterocycles. The Hall–Kier alpha value is -1.62. The lowest BCUT2D eigenvalue weighted by Gasteiger charge is -2.26. The molecule has 1 aromatic heterocycles. The lowest BCUT2D eigenvalue weighted by Crippen LogP contribution is -2.39. The van der Waals surface area contributed by atoms with Crippen LogP contribution >= 0.6 is 0 Å². The number of amides is 1. The molecule has 0 saturated carbocycles. The quantitative estimate of drug-likeness (QED) is 0.786. The first-order valence-corrected chi connectivity index (χ1v) is 5.12. The van der Waals surface area contributed by atoms with Gasteiger partial charge >= 0.3 is 0 Å². The largest absolute Gasteiger partial charge is 0.505 e. The summed E-state index contributed by atoms with van der Waals surface area (Å²) in [6.45, 7) is 3.85. The summed E-state index contributed by atoms with van der Waals surface area (Å²) in [6.07, 6.45) is 2.68. The number of aliphatic hydroxyl groups excluding tert-OH is 1. The summed E-state index contributed by atoms with van der Waals surface area (Å²) in [7, 11) is 0. The molecule has 1 heterocycles. The van der Waals surface area contributed by atoms with E-state index in [9.17, 15) is 9.90 Å². The van der Waals surface area contributed by atoms with Gasteiger partial charge in [0.2, 0.25) is 0 Å². The van der Waals surface area contributed by atoms with Crippen LogP contribution in [0.15, 0.2) is 18.5 Å². The molecule has 0 atom stereocenters. The predicted molar refractivity (Wildman–Crippen MR) is 59.2 cm³/mol. The zero-order chi connectivity index (χ0) is 12.1. The Morgan fingerprint density at radius 2 is 2.25 bits per heavy atom. The Labute approximate surface area is 94.4 Å². The Bertz CT molecular complexity index is 366. The molecule has 0 aliphatic rings. The third-order valence-electron chi connectivity index (χ3n) is 2.26. The number of aromatic nitrogens is 1. The fraction of sp³-hybridized carbons (Fsp3) is 0.455. The molecule has 0 spiro atoms. The van der Waals surface area contributed by atoms with Gasteiger partial charge in [-0.1, -0.05) is 0 Å². The van der Waals surface area contributed by atoms with E-state index < -0.39 is 0 Å². The number of hydrogen-bond acceptors (Lipinski definition) is 4. The van der Waals surface area contributed by atoms with Crippen LogP contribution < -0.4 is 0 Å². The van der Waals surface area contributed by atoms with Gasteiger partial charge < -0.3 is 15.1 Å². The molecular weight excluding hydrogens is 208 g/mol. The highest BCUT2D eigenvalue weighted by Crippen LogP contribution is 2.17. The van der Waals surface area contributed by atoms with Crippen LogP contribution in [-0.2, 0) is 0 Å². The van der Waals surface area contributed by atoms with Gasteiger partial charge in [-0.15, -0.1) is 0 Å². The number of aliphatic hydroxyl groups is 1. The van der Waals surface area contributed by atoms with E-state index in [1.165, 1.54) is 23.4 Å². The van der Waals surface area contributed by atoms with Crippen molar-refractivity contribution in [2.45, 2.75) is 19.9 Å². The van der Waals surface area contributed by atoms with E-state index in [2.05, 4.69) is 4.98 Å². The van der Waals surface area contributed by atoms with E-state index in [0.717, 1.165) is 0 Å². The van der Waals surface area contributed by atoms with Gasteiger partial charge in [-0.05, 0) is 19.9 Å². The summed E-state index contributed by atoms with van der Waals surface area (Å²) >= 11 is 0. The van der Waals surface area contributed by atoms with Gasteiger partial charge in [-0.25, -0.2) is 0 Å². The van der Waals surface area contributed by atoms with E-state index in [0.29, 0.717) is 0 Å². The maximum absolute atomic E-state index is 12.0. The van der Waals surface area contributed by atoms with E-state index in [1.807, 2.05) is 13.8 Å². The molecule has 5 nitrogen and oxygen atoms in total. The molecular formula is C11H16N2O3. The van der Waals surface area contributed by atoms with Crippen molar-refractivity contribution in [2.75, 3.05) is 13.2 Å². The van der Waals surface area contributed by atoms with Gasteiger partial charge in [-0.3, -0.25) is 9.78 Å². The summed E-state index contributed by atoms with van der Waals surface area (Å²) in [6, 6.07) is 1.43. The first kappa shape index (κ1) is 12.4. The van der Waals surface area contributed by atoms with Crippen molar-refractivity contribution in [1.29, 1.82) is 0 Å². The fourth-order valence-electron chi connectivity index (χ4n) is 1.42. The Morgan fingerprint density at radius 3 is 2.75 bits per heavy atom. The van der Waals surface area contributed by atoms with Gasteiger partial charge in [0.25, 0.3) is 5.91 Å². The minimum absolute atomic E-state index is 0.0350. The number of carbonyl (C=O) groups excluding carboxylic acids is 1. The highest BCUT2D eigenvalue weighted by Gasteiger charge is 2.20. The van der Waals surface area contributed by atoms with Crippen molar-refractivity contribution in [3.8, 4) is 5.75 Å². The maximum Gasteiger partial charge on any atom is 0.258 e. The minimum atomic E-state index is -0.302. The molecule has 5 heteroatoms. The Kier molecular flexibility index (Phi) is 4.25. The zero-order valence-electron chi connectivity index (χ0n) is 9.42. The second kappa shape index (κ2) is 5.46. The Balaban J connectivity index is 2.95. The number of pyridine rings is 1. The third-order valence-corrected chi connectivity index (χ3v) is 2.26. The van der Waals surface area contributed by atoms with Crippen LogP contribution in [0.2, 0.25) is 0 Å². The summed E-state index contributed by atoms with van der Waals surface area (Å²) in [4.78, 5) is 17.2. The maximum atomic E-state index is 12.0. The van der Waals surface area contributed by atoms with Crippen molar-refractivity contribution in [3.63, 3.8) is 0 Å². The van der Waals surface area contributed by atoms with Crippen LogP contribution in [0.25, 0.3) is 0 Å². The van der Waals surface area contributed by atoms with Crippen LogP contribution in [0.1, 0.15) is 24.2 Å². The molecule has 0 bridgehead atoms. The SMILES string of the molecule is CC(C)N(CCO)C(=O)c1ccncc1O. The minimum Gasteiger partial charge on any atom is -0.505 e. The molecule has 0 aliphatic carbocycles. The van der Waals surface area contributed by atoms with Crippen molar-refractivity contribution in [1.82, 2.24) is 9.88 Å². The third kappa shape index (κ3) is 2.70. The predicted octanol–water partition coefficient (Wildman–Crippen LogP) is 0.630. The second-order valence-electron chi connectivity index (χ2n) is 3.71. The first-order valence-electron chi connectivity index (χ1n) is 5.12. The van der Waals surface area contributed by atoms with Crippen LogP contribution in [-0.4, -0.2) is 45.2 Å². The highest BCUT2D eigenvalue weighted by molar-refractivity contribution is 5.96. The molecule has 88 valence electrons. The number of aromatic hydroxyl groups is 1. The summed E-state index contributed by atoms with van der Waals surface area (Å²) < 4.78 is 0. The van der Waals surface area contributed by atoms with Crippen LogP contribution in [0.4, 0.5) is 0 Å². The number of rotatable bonds is 4. The van der Waals surface area contributed by atoms with Crippen molar-refractivity contribution >= 4 is 5.91 Å². The van der Waals surface area contributed by atoms with Crippen LogP contribution in [0, 0.1) is 0 Å². The lowest BCUT2D eigenvalue weighted by molar-refractivity contribution is 0.0662. The molecule has 2 N–H and O–H groups in total. The number of nitrogens with zero attached hydrogens (tertiary/aromatic N) is 2. The molecule has 0 aromatic carbocycles. The molecule has 1 amide bonds. The molecule has 1 rings (SSSR count). The molecule has 1 aromatic rings. The monoisotopic (exact) mass is 224 g/mol. The van der Waals surface area contributed by atoms with Gasteiger partial charge in [-0.2, -0.15) is 0 Å². The summed E-state index contributed by atoms with van der Waals surface area (Å²) in [5.41, 5.74) is 0.206. The van der Waals surface area contributed by atoms with E-state index >= 15 is 0 Å². The van der Waals surface area contributed by atoms with Gasteiger partial charge in [0, 0.05) is 18.8 Å². The van der Waals surface area contributed by atoms with E-state index in [4.69, 9.17) is 5.11 Å². The van der Waals surface area contributed by atoms with E-state index in [-0.39, 0.29) is 36.4 Å². The average Bonchev–Trinajstić information content (AvgIpc) is 2.25.